The third-order valence-corrected chi connectivity index (χ3v) is 6.82. The second-order valence-corrected chi connectivity index (χ2v) is 9.00. The van der Waals surface area contributed by atoms with E-state index in [1.165, 1.54) is 16.4 Å². The summed E-state index contributed by atoms with van der Waals surface area (Å²) in [6.07, 6.45) is 0.490. The Kier molecular flexibility index (Phi) is 6.54. The first kappa shape index (κ1) is 19.1. The van der Waals surface area contributed by atoms with Gasteiger partial charge in [0, 0.05) is 38.4 Å². The molecule has 0 radical (unpaired) electrons. The van der Waals surface area contributed by atoms with Crippen molar-refractivity contribution in [3.63, 3.8) is 0 Å². The van der Waals surface area contributed by atoms with Crippen molar-refractivity contribution < 1.29 is 18.3 Å². The molecule has 0 atom stereocenters. The first-order chi connectivity index (χ1) is 11.4. The summed E-state index contributed by atoms with van der Waals surface area (Å²) in [5.41, 5.74) is 0.772. The normalized spacial score (nSPS) is 16.3. The van der Waals surface area contributed by atoms with Crippen molar-refractivity contribution >= 4 is 27.7 Å². The lowest BCUT2D eigenvalue weighted by Gasteiger charge is -2.34. The van der Waals surface area contributed by atoms with Gasteiger partial charge in [-0.3, -0.25) is 4.79 Å². The van der Waals surface area contributed by atoms with Crippen LogP contribution in [0.15, 0.2) is 23.1 Å². The van der Waals surface area contributed by atoms with Crippen molar-refractivity contribution in [1.29, 1.82) is 0 Å². The molecule has 24 heavy (non-hydrogen) atoms. The van der Waals surface area contributed by atoms with Gasteiger partial charge in [0.1, 0.15) is 10.6 Å². The Bertz CT molecular complexity index is 683. The van der Waals surface area contributed by atoms with Crippen LogP contribution in [0.3, 0.4) is 0 Å². The number of thioether (sulfide) groups is 1. The first-order valence-electron chi connectivity index (χ1n) is 8.01. The minimum absolute atomic E-state index is 0.0679. The summed E-state index contributed by atoms with van der Waals surface area (Å²) in [5.74, 6) is 1.62. The number of carbonyl (C=O) groups excluding carboxylic acids is 1. The van der Waals surface area contributed by atoms with Gasteiger partial charge in [-0.25, -0.2) is 8.42 Å². The van der Waals surface area contributed by atoms with Gasteiger partial charge in [0.05, 0.1) is 0 Å². The van der Waals surface area contributed by atoms with E-state index < -0.39 is 10.0 Å². The number of nitrogens with zero attached hydrogens (tertiary/aromatic N) is 2. The van der Waals surface area contributed by atoms with Crippen molar-refractivity contribution in [2.24, 2.45) is 0 Å². The predicted octanol–water partition coefficient (Wildman–Crippen LogP) is 1.68. The molecule has 0 unspecified atom stereocenters. The third-order valence-electron chi connectivity index (χ3n) is 3.99. The maximum Gasteiger partial charge on any atom is 0.246 e. The maximum absolute atomic E-state index is 12.7. The van der Waals surface area contributed by atoms with Gasteiger partial charge in [0.2, 0.25) is 15.9 Å². The van der Waals surface area contributed by atoms with Crippen molar-refractivity contribution in [2.45, 2.75) is 25.2 Å². The average Bonchev–Trinajstić information content (AvgIpc) is 2.57. The number of aryl methyl sites for hydroxylation is 1. The van der Waals surface area contributed by atoms with E-state index in [0.717, 1.165) is 17.1 Å². The number of phenolic OH excluding ortho intramolecular Hbond substituents is 1. The molecule has 1 saturated heterocycles. The number of benzene rings is 1. The molecule has 1 N–H and O–H groups in total. The number of carbonyl (C=O) groups is 1. The quantitative estimate of drug-likeness (QED) is 0.769. The fourth-order valence-electron chi connectivity index (χ4n) is 2.61. The fourth-order valence-corrected chi connectivity index (χ4v) is 4.80. The summed E-state index contributed by atoms with van der Waals surface area (Å²) in [5, 5.41) is 9.89. The Labute approximate surface area is 147 Å². The molecule has 6 nitrogen and oxygen atoms in total. The lowest BCUT2D eigenvalue weighted by molar-refractivity contribution is -0.131. The van der Waals surface area contributed by atoms with Crippen LogP contribution in [0.25, 0.3) is 0 Å². The average molecular weight is 373 g/mol. The molecule has 0 bridgehead atoms. The third kappa shape index (κ3) is 4.43. The molecular formula is C16H24N2O4S2. The first-order valence-corrected chi connectivity index (χ1v) is 10.6. The van der Waals surface area contributed by atoms with Crippen LogP contribution in [-0.2, 0) is 14.8 Å². The number of hydrogen-bond acceptors (Lipinski definition) is 5. The predicted molar refractivity (Wildman–Crippen MR) is 95.8 cm³/mol. The molecule has 0 spiro atoms. The van der Waals surface area contributed by atoms with E-state index in [4.69, 9.17) is 0 Å². The van der Waals surface area contributed by atoms with E-state index in [1.807, 2.05) is 0 Å². The summed E-state index contributed by atoms with van der Waals surface area (Å²) < 4.78 is 26.8. The van der Waals surface area contributed by atoms with Gasteiger partial charge in [0.25, 0.3) is 0 Å². The largest absolute Gasteiger partial charge is 0.507 e. The van der Waals surface area contributed by atoms with E-state index >= 15 is 0 Å². The zero-order chi connectivity index (χ0) is 17.7. The highest BCUT2D eigenvalue weighted by Crippen LogP contribution is 2.27. The van der Waals surface area contributed by atoms with Crippen LogP contribution in [0.2, 0.25) is 0 Å². The Balaban J connectivity index is 2.01. The number of hydrogen-bond donors (Lipinski definition) is 1. The van der Waals surface area contributed by atoms with Gasteiger partial charge in [-0.2, -0.15) is 16.1 Å². The molecule has 1 aromatic rings. The molecule has 8 heteroatoms. The second-order valence-electron chi connectivity index (χ2n) is 5.70. The SMILES string of the molecule is CCSCCC(=O)N1CCN(S(=O)(=O)c2cc(C)ccc2O)CC1. The summed E-state index contributed by atoms with van der Waals surface area (Å²) in [7, 11) is -3.74. The van der Waals surface area contributed by atoms with E-state index in [0.29, 0.717) is 19.5 Å². The Morgan fingerprint density at radius 2 is 1.92 bits per heavy atom. The number of piperazine rings is 1. The second kappa shape index (κ2) is 8.22. The highest BCUT2D eigenvalue weighted by molar-refractivity contribution is 7.99. The molecule has 0 aromatic heterocycles. The fraction of sp³-hybridized carbons (Fsp3) is 0.562. The van der Waals surface area contributed by atoms with Gasteiger partial charge in [0.15, 0.2) is 0 Å². The number of phenols is 1. The molecule has 1 aliphatic heterocycles. The summed E-state index contributed by atoms with van der Waals surface area (Å²) in [4.78, 5) is 13.8. The van der Waals surface area contributed by atoms with Gasteiger partial charge < -0.3 is 10.0 Å². The van der Waals surface area contributed by atoms with E-state index in [1.54, 1.807) is 29.7 Å². The maximum atomic E-state index is 12.7. The molecule has 1 aliphatic rings. The lowest BCUT2D eigenvalue weighted by Crippen LogP contribution is -2.50. The van der Waals surface area contributed by atoms with E-state index in [-0.39, 0.29) is 29.6 Å². The number of amides is 1. The summed E-state index contributed by atoms with van der Waals surface area (Å²) >= 11 is 1.72. The molecule has 1 amide bonds. The molecular weight excluding hydrogens is 348 g/mol. The van der Waals surface area contributed by atoms with E-state index in [9.17, 15) is 18.3 Å². The van der Waals surface area contributed by atoms with Crippen molar-refractivity contribution in [1.82, 2.24) is 9.21 Å². The molecule has 1 fully saturated rings. The highest BCUT2D eigenvalue weighted by atomic mass is 32.2. The lowest BCUT2D eigenvalue weighted by atomic mass is 10.2. The van der Waals surface area contributed by atoms with Crippen molar-refractivity contribution in [3.05, 3.63) is 23.8 Å². The highest BCUT2D eigenvalue weighted by Gasteiger charge is 2.31. The standard InChI is InChI=1S/C16H24N2O4S2/c1-3-23-11-6-16(20)17-7-9-18(10-8-17)24(21,22)15-12-13(2)4-5-14(15)19/h4-5,12,19H,3,6-11H2,1-2H3. The molecule has 1 heterocycles. The zero-order valence-electron chi connectivity index (χ0n) is 14.1. The van der Waals surface area contributed by atoms with Crippen LogP contribution in [0, 0.1) is 6.92 Å². The molecule has 1 aromatic carbocycles. The van der Waals surface area contributed by atoms with Crippen LogP contribution >= 0.6 is 11.8 Å². The summed E-state index contributed by atoms with van der Waals surface area (Å²) in [6, 6.07) is 4.54. The van der Waals surface area contributed by atoms with E-state index in [2.05, 4.69) is 6.92 Å². The minimum Gasteiger partial charge on any atom is -0.507 e. The monoisotopic (exact) mass is 372 g/mol. The number of rotatable bonds is 6. The van der Waals surface area contributed by atoms with Crippen LogP contribution in [0.1, 0.15) is 18.9 Å². The van der Waals surface area contributed by atoms with Gasteiger partial charge in [-0.15, -0.1) is 0 Å². The van der Waals surface area contributed by atoms with Crippen LogP contribution in [0.4, 0.5) is 0 Å². The van der Waals surface area contributed by atoms with Crippen molar-refractivity contribution in [2.75, 3.05) is 37.7 Å². The molecule has 134 valence electrons. The Morgan fingerprint density at radius 3 is 2.54 bits per heavy atom. The van der Waals surface area contributed by atoms with Crippen molar-refractivity contribution in [3.8, 4) is 5.75 Å². The molecule has 0 saturated carbocycles. The van der Waals surface area contributed by atoms with Gasteiger partial charge in [-0.1, -0.05) is 13.0 Å². The summed E-state index contributed by atoms with van der Waals surface area (Å²) in [6.45, 7) is 5.12. The van der Waals surface area contributed by atoms with Crippen LogP contribution in [0.5, 0.6) is 5.75 Å². The number of sulfonamides is 1. The Morgan fingerprint density at radius 1 is 1.25 bits per heavy atom. The van der Waals surface area contributed by atoms with Crippen LogP contribution in [-0.4, -0.2) is 66.3 Å². The van der Waals surface area contributed by atoms with Crippen LogP contribution < -0.4 is 0 Å². The minimum atomic E-state index is -3.74. The smallest absolute Gasteiger partial charge is 0.246 e. The number of aromatic hydroxyl groups is 1. The molecule has 2 rings (SSSR count). The van der Waals surface area contributed by atoms with Gasteiger partial charge in [-0.05, 0) is 30.4 Å². The topological polar surface area (TPSA) is 77.9 Å². The van der Waals surface area contributed by atoms with Gasteiger partial charge >= 0.3 is 0 Å². The molecule has 0 aliphatic carbocycles. The zero-order valence-corrected chi connectivity index (χ0v) is 15.7. The Hall–Kier alpha value is -1.25.